The summed E-state index contributed by atoms with van der Waals surface area (Å²) in [5, 5.41) is 9.85. The van der Waals surface area contributed by atoms with E-state index in [1.165, 1.54) is 6.20 Å². The summed E-state index contributed by atoms with van der Waals surface area (Å²) in [5.41, 5.74) is 1.61. The summed E-state index contributed by atoms with van der Waals surface area (Å²) in [6.07, 6.45) is 3.17. The lowest BCUT2D eigenvalue weighted by Gasteiger charge is -2.12. The van der Waals surface area contributed by atoms with Gasteiger partial charge in [-0.2, -0.15) is 0 Å². The molecule has 0 radical (unpaired) electrons. The highest BCUT2D eigenvalue weighted by molar-refractivity contribution is 6.30. The molecule has 2 aromatic rings. The molecule has 0 bridgehead atoms. The maximum atomic E-state index is 11.9. The Bertz CT molecular complexity index is 690. The molecular formula is C17H20ClN5O. The number of halogens is 1. The number of hydrogen-bond donors (Lipinski definition) is 3. The third-order valence-corrected chi connectivity index (χ3v) is 3.43. The van der Waals surface area contributed by atoms with Gasteiger partial charge in [-0.25, -0.2) is 0 Å². The van der Waals surface area contributed by atoms with E-state index in [0.717, 1.165) is 5.56 Å². The van der Waals surface area contributed by atoms with Gasteiger partial charge in [-0.15, -0.1) is 0 Å². The molecule has 1 amide bonds. The van der Waals surface area contributed by atoms with Gasteiger partial charge in [0.25, 0.3) is 5.91 Å². The average molecular weight is 346 g/mol. The summed E-state index contributed by atoms with van der Waals surface area (Å²) in [7, 11) is 1.70. The third kappa shape index (κ3) is 5.89. The molecule has 1 aromatic heterocycles. The molecule has 0 aliphatic carbocycles. The van der Waals surface area contributed by atoms with E-state index in [2.05, 4.69) is 25.9 Å². The third-order valence-electron chi connectivity index (χ3n) is 3.20. The van der Waals surface area contributed by atoms with E-state index in [1.54, 1.807) is 25.4 Å². The van der Waals surface area contributed by atoms with Gasteiger partial charge < -0.3 is 16.0 Å². The molecule has 0 fully saturated rings. The van der Waals surface area contributed by atoms with Crippen molar-refractivity contribution in [3.63, 3.8) is 0 Å². The highest BCUT2D eigenvalue weighted by Crippen LogP contribution is 2.10. The van der Waals surface area contributed by atoms with Crippen LogP contribution in [0.25, 0.3) is 0 Å². The zero-order chi connectivity index (χ0) is 17.2. The van der Waals surface area contributed by atoms with Crippen LogP contribution in [0.2, 0.25) is 5.02 Å². The molecule has 0 aliphatic rings. The molecular weight excluding hydrogens is 326 g/mol. The van der Waals surface area contributed by atoms with Crippen molar-refractivity contribution in [3.8, 4) is 0 Å². The minimum atomic E-state index is -0.147. The predicted molar refractivity (Wildman–Crippen MR) is 96.2 cm³/mol. The zero-order valence-corrected chi connectivity index (χ0v) is 14.2. The lowest BCUT2D eigenvalue weighted by molar-refractivity contribution is 0.0954. The van der Waals surface area contributed by atoms with Gasteiger partial charge >= 0.3 is 0 Å². The first-order valence-electron chi connectivity index (χ1n) is 7.56. The summed E-state index contributed by atoms with van der Waals surface area (Å²) in [6.45, 7) is 1.65. The number of pyridine rings is 1. The van der Waals surface area contributed by atoms with Gasteiger partial charge in [-0.3, -0.25) is 14.8 Å². The number of amides is 1. The Kier molecular flexibility index (Phi) is 7.04. The number of guanidine groups is 1. The van der Waals surface area contributed by atoms with Crippen molar-refractivity contribution in [1.82, 2.24) is 20.9 Å². The standard InChI is InChI=1S/C17H20ClN5O/c1-19-17(23-11-13-4-2-6-15(18)10-13)22-9-8-21-16(24)14-5-3-7-20-12-14/h2-7,10,12H,8-9,11H2,1H3,(H,21,24)(H2,19,22,23). The number of hydrogen-bond acceptors (Lipinski definition) is 3. The number of nitrogens with zero attached hydrogens (tertiary/aromatic N) is 2. The number of aromatic nitrogens is 1. The molecule has 0 aliphatic heterocycles. The minimum Gasteiger partial charge on any atom is -0.355 e. The molecule has 24 heavy (non-hydrogen) atoms. The summed E-state index contributed by atoms with van der Waals surface area (Å²) < 4.78 is 0. The summed E-state index contributed by atoms with van der Waals surface area (Å²) in [5.74, 6) is 0.511. The van der Waals surface area contributed by atoms with Crippen molar-refractivity contribution in [2.24, 2.45) is 4.99 Å². The van der Waals surface area contributed by atoms with Crippen molar-refractivity contribution >= 4 is 23.5 Å². The first-order chi connectivity index (χ1) is 11.7. The molecule has 1 aromatic carbocycles. The van der Waals surface area contributed by atoms with Crippen molar-refractivity contribution in [1.29, 1.82) is 0 Å². The number of benzene rings is 1. The fourth-order valence-corrected chi connectivity index (χ4v) is 2.22. The number of carbonyl (C=O) groups excluding carboxylic acids is 1. The summed E-state index contributed by atoms with van der Waals surface area (Å²) in [4.78, 5) is 19.9. The first kappa shape index (κ1) is 17.7. The molecule has 0 atom stereocenters. The van der Waals surface area contributed by atoms with Crippen LogP contribution in [0.3, 0.4) is 0 Å². The molecule has 6 nitrogen and oxygen atoms in total. The highest BCUT2D eigenvalue weighted by atomic mass is 35.5. The zero-order valence-electron chi connectivity index (χ0n) is 13.4. The summed E-state index contributed by atoms with van der Waals surface area (Å²) >= 11 is 5.96. The van der Waals surface area contributed by atoms with Gasteiger partial charge in [0.1, 0.15) is 0 Å². The molecule has 1 heterocycles. The molecule has 7 heteroatoms. The number of carbonyl (C=O) groups is 1. The normalized spacial score (nSPS) is 11.0. The van der Waals surface area contributed by atoms with Crippen LogP contribution in [-0.2, 0) is 6.54 Å². The highest BCUT2D eigenvalue weighted by Gasteiger charge is 2.04. The van der Waals surface area contributed by atoms with E-state index in [1.807, 2.05) is 24.3 Å². The smallest absolute Gasteiger partial charge is 0.252 e. The second-order valence-corrected chi connectivity index (χ2v) is 5.42. The quantitative estimate of drug-likeness (QED) is 0.424. The SMILES string of the molecule is CN=C(NCCNC(=O)c1cccnc1)NCc1cccc(Cl)c1. The number of nitrogens with one attached hydrogen (secondary N) is 3. The van der Waals surface area contributed by atoms with Gasteiger partial charge in [0.15, 0.2) is 5.96 Å². The number of rotatable bonds is 6. The Labute approximate surface area is 146 Å². The molecule has 3 N–H and O–H groups in total. The second kappa shape index (κ2) is 9.52. The van der Waals surface area contributed by atoms with Crippen LogP contribution >= 0.6 is 11.6 Å². The lowest BCUT2D eigenvalue weighted by atomic mass is 10.2. The second-order valence-electron chi connectivity index (χ2n) is 4.98. The molecule has 2 rings (SSSR count). The van der Waals surface area contributed by atoms with Crippen molar-refractivity contribution in [2.45, 2.75) is 6.54 Å². The predicted octanol–water partition coefficient (Wildman–Crippen LogP) is 1.83. The first-order valence-corrected chi connectivity index (χ1v) is 7.94. The van der Waals surface area contributed by atoms with Gasteiger partial charge in [0.05, 0.1) is 5.56 Å². The van der Waals surface area contributed by atoms with E-state index in [0.29, 0.717) is 36.2 Å². The Morgan fingerprint density at radius 3 is 2.71 bits per heavy atom. The molecule has 0 spiro atoms. The lowest BCUT2D eigenvalue weighted by Crippen LogP contribution is -2.41. The van der Waals surface area contributed by atoms with Crippen molar-refractivity contribution < 1.29 is 4.79 Å². The average Bonchev–Trinajstić information content (AvgIpc) is 2.61. The Morgan fingerprint density at radius 1 is 1.17 bits per heavy atom. The van der Waals surface area contributed by atoms with Crippen LogP contribution in [0.15, 0.2) is 53.8 Å². The van der Waals surface area contributed by atoms with Crippen LogP contribution in [-0.4, -0.2) is 37.0 Å². The van der Waals surface area contributed by atoms with Crippen LogP contribution in [0.4, 0.5) is 0 Å². The fraction of sp³-hybridized carbons (Fsp3) is 0.235. The van der Waals surface area contributed by atoms with Gasteiger partial charge in [0, 0.05) is 44.1 Å². The van der Waals surface area contributed by atoms with Crippen LogP contribution in [0.5, 0.6) is 0 Å². The van der Waals surface area contributed by atoms with Crippen molar-refractivity contribution in [2.75, 3.05) is 20.1 Å². The fourth-order valence-electron chi connectivity index (χ4n) is 2.01. The van der Waals surface area contributed by atoms with Gasteiger partial charge in [-0.1, -0.05) is 23.7 Å². The van der Waals surface area contributed by atoms with E-state index < -0.39 is 0 Å². The molecule has 0 unspecified atom stereocenters. The van der Waals surface area contributed by atoms with E-state index in [9.17, 15) is 4.79 Å². The van der Waals surface area contributed by atoms with E-state index in [4.69, 9.17) is 11.6 Å². The topological polar surface area (TPSA) is 78.4 Å². The monoisotopic (exact) mass is 345 g/mol. The van der Waals surface area contributed by atoms with E-state index in [-0.39, 0.29) is 5.91 Å². The van der Waals surface area contributed by atoms with Crippen molar-refractivity contribution in [3.05, 3.63) is 64.9 Å². The largest absolute Gasteiger partial charge is 0.355 e. The van der Waals surface area contributed by atoms with Crippen LogP contribution < -0.4 is 16.0 Å². The molecule has 0 saturated carbocycles. The molecule has 126 valence electrons. The van der Waals surface area contributed by atoms with Crippen LogP contribution in [0, 0.1) is 0 Å². The summed E-state index contributed by atoms with van der Waals surface area (Å²) in [6, 6.07) is 11.1. The van der Waals surface area contributed by atoms with E-state index >= 15 is 0 Å². The Morgan fingerprint density at radius 2 is 2.00 bits per heavy atom. The Hall–Kier alpha value is -2.60. The maximum Gasteiger partial charge on any atom is 0.252 e. The van der Waals surface area contributed by atoms with Crippen LogP contribution in [0.1, 0.15) is 15.9 Å². The van der Waals surface area contributed by atoms with Gasteiger partial charge in [-0.05, 0) is 29.8 Å². The van der Waals surface area contributed by atoms with Gasteiger partial charge in [0.2, 0.25) is 0 Å². The Balaban J connectivity index is 1.69. The minimum absolute atomic E-state index is 0.147. The maximum absolute atomic E-state index is 11.9. The molecule has 0 saturated heterocycles. The number of aliphatic imine (C=N–C) groups is 1.